The molecule has 15 heavy (non-hydrogen) atoms. The van der Waals surface area contributed by atoms with Crippen LogP contribution in [0, 0.1) is 0 Å². The molecule has 1 rings (SSSR count). The molecule has 0 aliphatic heterocycles. The van der Waals surface area contributed by atoms with Crippen LogP contribution in [-0.4, -0.2) is 29.6 Å². The molecule has 1 aromatic rings. The fourth-order valence-corrected chi connectivity index (χ4v) is 1.63. The van der Waals surface area contributed by atoms with E-state index in [4.69, 9.17) is 0 Å². The predicted octanol–water partition coefficient (Wildman–Crippen LogP) is 1.20. The lowest BCUT2D eigenvalue weighted by Gasteiger charge is -2.16. The van der Waals surface area contributed by atoms with Crippen LogP contribution in [-0.2, 0) is 4.79 Å². The molecule has 0 saturated carbocycles. The number of hydrogen-bond donors (Lipinski definition) is 2. The topological polar surface area (TPSA) is 49.3 Å². The smallest absolute Gasteiger partial charge is 0.230 e. The highest BCUT2D eigenvalue weighted by atomic mass is 32.2. The van der Waals surface area contributed by atoms with Gasteiger partial charge < -0.3 is 10.4 Å². The summed E-state index contributed by atoms with van der Waals surface area (Å²) in [6.45, 7) is -0.0792. The average Bonchev–Trinajstić information content (AvgIpc) is 2.27. The van der Waals surface area contributed by atoms with Crippen molar-refractivity contribution in [3.05, 3.63) is 35.9 Å². The number of aliphatic hydroxyl groups excluding tert-OH is 1. The van der Waals surface area contributed by atoms with Gasteiger partial charge in [0, 0.05) is 0 Å². The number of thioether (sulfide) groups is 1. The van der Waals surface area contributed by atoms with Gasteiger partial charge in [-0.15, -0.1) is 0 Å². The molecule has 0 radical (unpaired) electrons. The Balaban J connectivity index is 2.61. The molecular formula is C11H15NO2S. The summed E-state index contributed by atoms with van der Waals surface area (Å²) in [5.74, 6) is 0.369. The number of rotatable bonds is 5. The van der Waals surface area contributed by atoms with Gasteiger partial charge in [0.15, 0.2) is 0 Å². The molecule has 0 saturated heterocycles. The van der Waals surface area contributed by atoms with Crippen molar-refractivity contribution in [3.63, 3.8) is 0 Å². The highest BCUT2D eigenvalue weighted by molar-refractivity contribution is 7.99. The van der Waals surface area contributed by atoms with Crippen LogP contribution in [0.3, 0.4) is 0 Å². The molecule has 0 bridgehead atoms. The lowest BCUT2D eigenvalue weighted by atomic mass is 10.1. The molecule has 82 valence electrons. The molecule has 0 aromatic heterocycles. The Hall–Kier alpha value is -1.00. The minimum Gasteiger partial charge on any atom is -0.394 e. The van der Waals surface area contributed by atoms with Gasteiger partial charge in [0.1, 0.15) is 0 Å². The average molecular weight is 225 g/mol. The van der Waals surface area contributed by atoms with E-state index in [1.165, 1.54) is 11.8 Å². The van der Waals surface area contributed by atoms with Crippen LogP contribution in [0.1, 0.15) is 11.6 Å². The summed E-state index contributed by atoms with van der Waals surface area (Å²) in [6.07, 6.45) is 1.87. The van der Waals surface area contributed by atoms with Crippen LogP contribution in [0.15, 0.2) is 30.3 Å². The molecule has 1 aromatic carbocycles. The van der Waals surface area contributed by atoms with E-state index >= 15 is 0 Å². The Bertz CT molecular complexity index is 303. The second-order valence-electron chi connectivity index (χ2n) is 3.15. The Labute approximate surface area is 93.9 Å². The van der Waals surface area contributed by atoms with E-state index in [1.807, 2.05) is 36.6 Å². The Morgan fingerprint density at radius 2 is 2.13 bits per heavy atom. The second kappa shape index (κ2) is 6.48. The van der Waals surface area contributed by atoms with Crippen LogP contribution < -0.4 is 5.32 Å². The third kappa shape index (κ3) is 3.93. The van der Waals surface area contributed by atoms with Crippen LogP contribution >= 0.6 is 11.8 Å². The Morgan fingerprint density at radius 3 is 2.67 bits per heavy atom. The Kier molecular flexibility index (Phi) is 5.21. The van der Waals surface area contributed by atoms with E-state index < -0.39 is 0 Å². The van der Waals surface area contributed by atoms with Crippen molar-refractivity contribution in [2.45, 2.75) is 6.04 Å². The first-order chi connectivity index (χ1) is 7.27. The molecule has 0 fully saturated rings. The number of carbonyl (C=O) groups is 1. The monoisotopic (exact) mass is 225 g/mol. The quantitative estimate of drug-likeness (QED) is 0.791. The summed E-state index contributed by atoms with van der Waals surface area (Å²) in [5, 5.41) is 11.9. The summed E-state index contributed by atoms with van der Waals surface area (Å²) in [7, 11) is 0. The van der Waals surface area contributed by atoms with Crippen molar-refractivity contribution in [3.8, 4) is 0 Å². The molecule has 1 amide bonds. The predicted molar refractivity (Wildman–Crippen MR) is 62.8 cm³/mol. The van der Waals surface area contributed by atoms with E-state index in [2.05, 4.69) is 5.32 Å². The zero-order valence-electron chi connectivity index (χ0n) is 8.64. The molecule has 1 atom stereocenters. The van der Waals surface area contributed by atoms with Gasteiger partial charge in [0.05, 0.1) is 18.4 Å². The minimum atomic E-state index is -0.300. The molecule has 4 heteroatoms. The fourth-order valence-electron chi connectivity index (χ4n) is 1.29. The van der Waals surface area contributed by atoms with Gasteiger partial charge in [-0.05, 0) is 11.8 Å². The van der Waals surface area contributed by atoms with E-state index in [-0.39, 0.29) is 18.6 Å². The van der Waals surface area contributed by atoms with Crippen molar-refractivity contribution in [1.29, 1.82) is 0 Å². The third-order valence-corrected chi connectivity index (χ3v) is 2.55. The van der Waals surface area contributed by atoms with Crippen molar-refractivity contribution < 1.29 is 9.90 Å². The normalized spacial score (nSPS) is 12.1. The number of hydrogen-bond acceptors (Lipinski definition) is 3. The molecule has 1 unspecified atom stereocenters. The molecule has 0 aliphatic rings. The first-order valence-corrected chi connectivity index (χ1v) is 6.11. The number of aliphatic hydroxyl groups is 1. The molecule has 0 heterocycles. The zero-order chi connectivity index (χ0) is 11.1. The molecule has 3 nitrogen and oxygen atoms in total. The third-order valence-electron chi connectivity index (χ3n) is 2.00. The lowest BCUT2D eigenvalue weighted by Crippen LogP contribution is -2.31. The molecule has 0 aliphatic carbocycles. The Morgan fingerprint density at radius 1 is 1.47 bits per heavy atom. The minimum absolute atomic E-state index is 0.0506. The lowest BCUT2D eigenvalue weighted by molar-refractivity contribution is -0.119. The standard InChI is InChI=1S/C11H15NO2S/c1-15-8-11(14)12-10(7-13)9-5-3-2-4-6-9/h2-6,10,13H,7-8H2,1H3,(H,12,14). The van der Waals surface area contributed by atoms with Gasteiger partial charge in [-0.3, -0.25) is 4.79 Å². The maximum Gasteiger partial charge on any atom is 0.230 e. The first-order valence-electron chi connectivity index (χ1n) is 4.72. The zero-order valence-corrected chi connectivity index (χ0v) is 9.46. The molecule has 2 N–H and O–H groups in total. The van der Waals surface area contributed by atoms with Crippen molar-refractivity contribution in [2.24, 2.45) is 0 Å². The molecule has 0 spiro atoms. The van der Waals surface area contributed by atoms with E-state index in [9.17, 15) is 9.90 Å². The maximum absolute atomic E-state index is 11.3. The number of carbonyl (C=O) groups excluding carboxylic acids is 1. The van der Waals surface area contributed by atoms with Crippen LogP contribution in [0.25, 0.3) is 0 Å². The van der Waals surface area contributed by atoms with Crippen LogP contribution in [0.5, 0.6) is 0 Å². The van der Waals surface area contributed by atoms with Crippen molar-refractivity contribution in [2.75, 3.05) is 18.6 Å². The largest absolute Gasteiger partial charge is 0.394 e. The summed E-state index contributed by atoms with van der Waals surface area (Å²) < 4.78 is 0. The number of amides is 1. The van der Waals surface area contributed by atoms with Gasteiger partial charge >= 0.3 is 0 Å². The van der Waals surface area contributed by atoms with Gasteiger partial charge in [-0.1, -0.05) is 30.3 Å². The van der Waals surface area contributed by atoms with Crippen molar-refractivity contribution in [1.82, 2.24) is 5.32 Å². The van der Waals surface area contributed by atoms with E-state index in [0.717, 1.165) is 5.56 Å². The SMILES string of the molecule is CSCC(=O)NC(CO)c1ccccc1. The summed E-state index contributed by atoms with van der Waals surface area (Å²) >= 11 is 1.46. The van der Waals surface area contributed by atoms with Crippen LogP contribution in [0.2, 0.25) is 0 Å². The highest BCUT2D eigenvalue weighted by Gasteiger charge is 2.12. The van der Waals surface area contributed by atoms with Gasteiger partial charge in [0.25, 0.3) is 0 Å². The van der Waals surface area contributed by atoms with Gasteiger partial charge in [-0.2, -0.15) is 11.8 Å². The second-order valence-corrected chi connectivity index (χ2v) is 4.01. The highest BCUT2D eigenvalue weighted by Crippen LogP contribution is 2.11. The van der Waals surface area contributed by atoms with Gasteiger partial charge in [0.2, 0.25) is 5.91 Å². The van der Waals surface area contributed by atoms with E-state index in [0.29, 0.717) is 5.75 Å². The maximum atomic E-state index is 11.3. The number of benzene rings is 1. The fraction of sp³-hybridized carbons (Fsp3) is 0.364. The number of nitrogens with one attached hydrogen (secondary N) is 1. The van der Waals surface area contributed by atoms with Crippen molar-refractivity contribution >= 4 is 17.7 Å². The van der Waals surface area contributed by atoms with Gasteiger partial charge in [-0.25, -0.2) is 0 Å². The summed E-state index contributed by atoms with van der Waals surface area (Å²) in [6, 6.07) is 9.16. The van der Waals surface area contributed by atoms with E-state index in [1.54, 1.807) is 0 Å². The first kappa shape index (κ1) is 12.1. The molecular weight excluding hydrogens is 210 g/mol. The summed E-state index contributed by atoms with van der Waals surface area (Å²) in [5.41, 5.74) is 0.925. The van der Waals surface area contributed by atoms with Crippen LogP contribution in [0.4, 0.5) is 0 Å². The summed E-state index contributed by atoms with van der Waals surface area (Å²) in [4.78, 5) is 11.3.